The Kier molecular flexibility index (Phi) is 11.6. The third kappa shape index (κ3) is 8.09. The first-order chi connectivity index (χ1) is 28.2. The number of fused-ring (bicyclic) bond motifs is 1. The van der Waals surface area contributed by atoms with Crippen LogP contribution < -0.4 is 25.9 Å². The molecule has 3 saturated heterocycles. The van der Waals surface area contributed by atoms with Gasteiger partial charge in [0, 0.05) is 50.0 Å². The first-order valence-electron chi connectivity index (χ1n) is 20.6. The number of nitrogens with one attached hydrogen (secondary N) is 2. The molecule has 0 saturated carbocycles. The highest BCUT2D eigenvalue weighted by molar-refractivity contribution is 6.58. The van der Waals surface area contributed by atoms with Crippen molar-refractivity contribution < 1.29 is 29.2 Å². The Morgan fingerprint density at radius 2 is 1.31 bits per heavy atom. The Labute approximate surface area is 339 Å². The maximum atomic E-state index is 13.3. The van der Waals surface area contributed by atoms with Gasteiger partial charge in [-0.1, -0.05) is 73.7 Å². The zero-order valence-corrected chi connectivity index (χ0v) is 32.9. The average molecular weight is 780 g/mol. The second-order valence-electron chi connectivity index (χ2n) is 15.9. The van der Waals surface area contributed by atoms with E-state index in [-0.39, 0.29) is 18.7 Å². The van der Waals surface area contributed by atoms with Gasteiger partial charge in [-0.3, -0.25) is 29.4 Å². The SMILES string of the molecule is CC/C(=C(/c1ccc(B(O)O)cc1)c1ccc(N2CCC(CNC3CCN(c4ccc5c(c4)C(=O)N(C4CCC(=O)NC4=O)C5=O)CC3)CC2)cc1)c1ccccc1. The second kappa shape index (κ2) is 17.1. The van der Waals surface area contributed by atoms with Gasteiger partial charge in [0.25, 0.3) is 11.8 Å². The molecule has 11 nitrogen and oxygen atoms in total. The van der Waals surface area contributed by atoms with E-state index < -0.39 is 30.9 Å². The number of hydrogen-bond donors (Lipinski definition) is 4. The van der Waals surface area contributed by atoms with E-state index in [4.69, 9.17) is 0 Å². The molecule has 4 amide bonds. The van der Waals surface area contributed by atoms with Crippen molar-refractivity contribution in [1.82, 2.24) is 15.5 Å². The second-order valence-corrected chi connectivity index (χ2v) is 15.9. The number of rotatable bonds is 11. The minimum Gasteiger partial charge on any atom is -0.423 e. The third-order valence-corrected chi connectivity index (χ3v) is 12.4. The minimum absolute atomic E-state index is 0.0975. The van der Waals surface area contributed by atoms with Crippen LogP contribution >= 0.6 is 0 Å². The van der Waals surface area contributed by atoms with Crippen LogP contribution in [0, 0.1) is 5.92 Å². The lowest BCUT2D eigenvalue weighted by atomic mass is 9.79. The Hall–Kier alpha value is -5.56. The predicted octanol–water partition coefficient (Wildman–Crippen LogP) is 4.61. The summed E-state index contributed by atoms with van der Waals surface area (Å²) in [6, 6.07) is 31.7. The molecule has 4 heterocycles. The molecule has 0 aromatic heterocycles. The van der Waals surface area contributed by atoms with Gasteiger partial charge in [-0.25, -0.2) is 0 Å². The lowest BCUT2D eigenvalue weighted by Crippen LogP contribution is -2.54. The van der Waals surface area contributed by atoms with Crippen molar-refractivity contribution in [1.29, 1.82) is 0 Å². The number of allylic oxidation sites excluding steroid dienone is 1. The van der Waals surface area contributed by atoms with Gasteiger partial charge in [-0.2, -0.15) is 0 Å². The van der Waals surface area contributed by atoms with Crippen molar-refractivity contribution in [3.05, 3.63) is 125 Å². The summed E-state index contributed by atoms with van der Waals surface area (Å²) in [4.78, 5) is 56.3. The first kappa shape index (κ1) is 39.3. The van der Waals surface area contributed by atoms with Gasteiger partial charge in [0.15, 0.2) is 0 Å². The molecule has 4 aliphatic rings. The highest BCUT2D eigenvalue weighted by Crippen LogP contribution is 2.36. The molecular weight excluding hydrogens is 729 g/mol. The molecule has 4 N–H and O–H groups in total. The zero-order valence-electron chi connectivity index (χ0n) is 32.9. The Bertz CT molecular complexity index is 2190. The standard InChI is InChI=1S/C46H50BN5O6/c1-2-38(31-6-4-3-5-7-31)43(32-8-12-34(13-9-32)47(57)58)33-10-14-36(15-11-33)50-24-20-30(21-25-50)29-48-35-22-26-51(27-23-35)37-16-17-39-40(28-37)46(56)52(45(39)55)41-18-19-42(53)49-44(41)54/h3-17,28,30,35,41,48,57-58H,2,18-27,29H2,1H3,(H,49,53,54)/b43-38+. The molecule has 0 spiro atoms. The number of amides is 4. The van der Waals surface area contributed by atoms with Gasteiger partial charge in [-0.05, 0) is 115 Å². The summed E-state index contributed by atoms with van der Waals surface area (Å²) in [5.74, 6) is -1.34. The van der Waals surface area contributed by atoms with Crippen molar-refractivity contribution in [2.45, 2.75) is 64.0 Å². The topological polar surface area (TPSA) is 143 Å². The molecule has 4 aromatic rings. The van der Waals surface area contributed by atoms with Crippen LogP contribution in [0.4, 0.5) is 11.4 Å². The van der Waals surface area contributed by atoms with E-state index in [1.54, 1.807) is 24.3 Å². The van der Waals surface area contributed by atoms with Crippen molar-refractivity contribution in [3.63, 3.8) is 0 Å². The van der Waals surface area contributed by atoms with Gasteiger partial charge in [0.05, 0.1) is 11.1 Å². The fourth-order valence-electron chi connectivity index (χ4n) is 9.07. The maximum Gasteiger partial charge on any atom is 0.488 e. The molecular formula is C46H50BN5O6. The summed E-state index contributed by atoms with van der Waals surface area (Å²) < 4.78 is 0. The fourth-order valence-corrected chi connectivity index (χ4v) is 9.07. The summed E-state index contributed by atoms with van der Waals surface area (Å²) in [5.41, 5.74) is 8.93. The Balaban J connectivity index is 0.839. The van der Waals surface area contributed by atoms with Gasteiger partial charge in [0.2, 0.25) is 11.8 Å². The van der Waals surface area contributed by atoms with Crippen LogP contribution in [0.3, 0.4) is 0 Å². The summed E-state index contributed by atoms with van der Waals surface area (Å²) in [7, 11) is -1.50. The normalized spacial score (nSPS) is 19.6. The van der Waals surface area contributed by atoms with Gasteiger partial charge in [-0.15, -0.1) is 0 Å². The molecule has 298 valence electrons. The number of piperidine rings is 3. The minimum atomic E-state index is -1.50. The third-order valence-electron chi connectivity index (χ3n) is 12.4. The van der Waals surface area contributed by atoms with Crippen LogP contribution in [0.25, 0.3) is 11.1 Å². The van der Waals surface area contributed by atoms with E-state index in [0.29, 0.717) is 28.5 Å². The number of imide groups is 2. The molecule has 3 fully saturated rings. The smallest absolute Gasteiger partial charge is 0.423 e. The number of carbonyl (C=O) groups excluding carboxylic acids is 4. The van der Waals surface area contributed by atoms with E-state index in [1.807, 2.05) is 24.3 Å². The zero-order chi connectivity index (χ0) is 40.3. The lowest BCUT2D eigenvalue weighted by molar-refractivity contribution is -0.136. The first-order valence-corrected chi connectivity index (χ1v) is 20.6. The highest BCUT2D eigenvalue weighted by Gasteiger charge is 2.45. The molecule has 1 unspecified atom stereocenters. The van der Waals surface area contributed by atoms with Crippen LogP contribution in [-0.2, 0) is 9.59 Å². The summed E-state index contributed by atoms with van der Waals surface area (Å²) in [6.45, 7) is 6.84. The van der Waals surface area contributed by atoms with Crippen molar-refractivity contribution >= 4 is 58.7 Å². The predicted molar refractivity (Wildman–Crippen MR) is 227 cm³/mol. The van der Waals surface area contributed by atoms with Crippen LogP contribution in [0.5, 0.6) is 0 Å². The van der Waals surface area contributed by atoms with Crippen LogP contribution in [0.1, 0.15) is 89.3 Å². The van der Waals surface area contributed by atoms with Crippen molar-refractivity contribution in [3.8, 4) is 0 Å². The maximum absolute atomic E-state index is 13.3. The molecule has 8 rings (SSSR count). The number of hydrogen-bond acceptors (Lipinski definition) is 9. The van der Waals surface area contributed by atoms with E-state index in [9.17, 15) is 29.2 Å². The van der Waals surface area contributed by atoms with Crippen LogP contribution in [0.15, 0.2) is 97.1 Å². The van der Waals surface area contributed by atoms with Crippen molar-refractivity contribution in [2.24, 2.45) is 5.92 Å². The average Bonchev–Trinajstić information content (AvgIpc) is 3.50. The molecule has 1 atom stereocenters. The van der Waals surface area contributed by atoms with Gasteiger partial charge >= 0.3 is 7.12 Å². The van der Waals surface area contributed by atoms with E-state index >= 15 is 0 Å². The molecule has 4 aromatic carbocycles. The molecule has 4 aliphatic heterocycles. The van der Waals surface area contributed by atoms with Crippen LogP contribution in [-0.4, -0.2) is 90.5 Å². The molecule has 0 aliphatic carbocycles. The number of anilines is 2. The van der Waals surface area contributed by atoms with Gasteiger partial charge in [0.1, 0.15) is 6.04 Å². The summed E-state index contributed by atoms with van der Waals surface area (Å²) >= 11 is 0. The highest BCUT2D eigenvalue weighted by atomic mass is 16.4. The van der Waals surface area contributed by atoms with Gasteiger partial charge < -0.3 is 25.2 Å². The molecule has 0 radical (unpaired) electrons. The number of nitrogens with zero attached hydrogens (tertiary/aromatic N) is 3. The Morgan fingerprint density at radius 1 is 0.707 bits per heavy atom. The quantitative estimate of drug-likeness (QED) is 0.0976. The lowest BCUT2D eigenvalue weighted by Gasteiger charge is -2.37. The Morgan fingerprint density at radius 3 is 1.95 bits per heavy atom. The molecule has 0 bridgehead atoms. The summed E-state index contributed by atoms with van der Waals surface area (Å²) in [6.07, 6.45) is 5.28. The van der Waals surface area contributed by atoms with Crippen LogP contribution in [0.2, 0.25) is 0 Å². The number of carbonyl (C=O) groups is 4. The molecule has 12 heteroatoms. The van der Waals surface area contributed by atoms with Crippen molar-refractivity contribution in [2.75, 3.05) is 42.5 Å². The molecule has 58 heavy (non-hydrogen) atoms. The monoisotopic (exact) mass is 779 g/mol. The largest absolute Gasteiger partial charge is 0.488 e. The fraction of sp³-hybridized carbons (Fsp3) is 0.348. The number of benzene rings is 4. The van der Waals surface area contributed by atoms with E-state index in [0.717, 1.165) is 92.1 Å². The summed E-state index contributed by atoms with van der Waals surface area (Å²) in [5, 5.41) is 25.5. The van der Waals surface area contributed by atoms with E-state index in [2.05, 4.69) is 75.9 Å². The van der Waals surface area contributed by atoms with E-state index in [1.165, 1.54) is 16.8 Å².